The number of nitrogens with zero attached hydrogens (tertiary/aromatic N) is 2. The number of methoxy groups -OCH3 is 1. The highest BCUT2D eigenvalue weighted by atomic mass is 32.2. The van der Waals surface area contributed by atoms with E-state index in [-0.39, 0.29) is 33.9 Å². The number of aryl methyl sites for hydroxylation is 1. The van der Waals surface area contributed by atoms with Crippen LogP contribution in [0.5, 0.6) is 5.75 Å². The molecule has 1 saturated carbocycles. The average molecular weight is 600 g/mol. The molecule has 5 N–H and O–H groups in total. The highest BCUT2D eigenvalue weighted by molar-refractivity contribution is 7.92. The molecule has 2 aromatic carbocycles. The van der Waals surface area contributed by atoms with Crippen LogP contribution in [0, 0.1) is 12.3 Å². The molecule has 1 aromatic heterocycles. The molecule has 1 aliphatic rings. The summed E-state index contributed by atoms with van der Waals surface area (Å²) in [6.07, 6.45) is 5.71. The summed E-state index contributed by atoms with van der Waals surface area (Å²) in [7, 11) is -2.18. The predicted octanol–water partition coefficient (Wildman–Crippen LogP) is 4.08. The van der Waals surface area contributed by atoms with Crippen LogP contribution in [0.2, 0.25) is 0 Å². The Hall–Kier alpha value is -4.39. The Morgan fingerprint density at radius 2 is 1.71 bits per heavy atom. The number of imidazole rings is 1. The predicted molar refractivity (Wildman–Crippen MR) is 160 cm³/mol. The van der Waals surface area contributed by atoms with Crippen molar-refractivity contribution >= 4 is 39.2 Å². The lowest BCUT2D eigenvalue weighted by atomic mass is 9.96. The molecule has 1 heterocycles. The third-order valence-electron chi connectivity index (χ3n) is 6.82. The Morgan fingerprint density at radius 1 is 1.12 bits per heavy atom. The maximum absolute atomic E-state index is 13.2. The van der Waals surface area contributed by atoms with Gasteiger partial charge in [0.05, 0.1) is 30.4 Å². The fourth-order valence-electron chi connectivity index (χ4n) is 3.83. The van der Waals surface area contributed by atoms with Crippen molar-refractivity contribution in [2.75, 3.05) is 23.4 Å². The van der Waals surface area contributed by atoms with Crippen molar-refractivity contribution in [2.45, 2.75) is 52.9 Å². The number of nitrogens with two attached hydrogens (primary N) is 1. The molecule has 1 aliphatic carbocycles. The smallest absolute Gasteiger partial charge is 0.356 e. The molecule has 12 nitrogen and oxygen atoms in total. The van der Waals surface area contributed by atoms with Crippen molar-refractivity contribution in [3.05, 3.63) is 65.2 Å². The summed E-state index contributed by atoms with van der Waals surface area (Å²) < 4.78 is 33.4. The number of aromatic nitrogens is 2. The number of primary amides is 1. The fourth-order valence-corrected chi connectivity index (χ4v) is 4.38. The highest BCUT2D eigenvalue weighted by Crippen LogP contribution is 2.50. The van der Waals surface area contributed by atoms with E-state index >= 15 is 0 Å². The molecule has 0 unspecified atom stereocenters. The van der Waals surface area contributed by atoms with E-state index in [4.69, 9.17) is 15.6 Å². The van der Waals surface area contributed by atoms with Gasteiger partial charge in [0.1, 0.15) is 6.33 Å². The second kappa shape index (κ2) is 11.8. The van der Waals surface area contributed by atoms with E-state index in [1.54, 1.807) is 55.7 Å². The first-order chi connectivity index (χ1) is 19.3. The molecule has 0 aliphatic heterocycles. The topological polar surface area (TPSA) is 183 Å². The lowest BCUT2D eigenvalue weighted by Gasteiger charge is -2.20. The van der Waals surface area contributed by atoms with Gasteiger partial charge in [-0.3, -0.25) is 14.3 Å². The Morgan fingerprint density at radius 3 is 2.19 bits per heavy atom. The summed E-state index contributed by atoms with van der Waals surface area (Å²) in [4.78, 5) is 38.5. The van der Waals surface area contributed by atoms with Gasteiger partial charge in [0.25, 0.3) is 5.91 Å². The van der Waals surface area contributed by atoms with E-state index < -0.39 is 21.9 Å². The maximum atomic E-state index is 13.2. The van der Waals surface area contributed by atoms with Crippen molar-refractivity contribution in [2.24, 2.45) is 11.1 Å². The summed E-state index contributed by atoms with van der Waals surface area (Å²) in [6, 6.07) is 8.58. The molecular formula is C29H37N5O7S. The number of sulfonamides is 1. The number of carboxylic acids is 1. The van der Waals surface area contributed by atoms with Crippen molar-refractivity contribution < 1.29 is 32.6 Å². The second-order valence-electron chi connectivity index (χ2n) is 11.6. The van der Waals surface area contributed by atoms with Gasteiger partial charge in [0.15, 0.2) is 11.4 Å². The van der Waals surface area contributed by atoms with Crippen LogP contribution in [-0.2, 0) is 20.2 Å². The summed E-state index contributed by atoms with van der Waals surface area (Å²) in [5, 5.41) is 12.0. The number of anilines is 2. The SMILES string of the molecule is CC(C)(C)C(N)=O.COc1c(NC(=O)c2ccc(C)c(-n3cnc(C(=O)O)c3)c2)cc(C2(C)CC2)cc1NS(C)(=O)=O. The molecule has 0 saturated heterocycles. The van der Waals surface area contributed by atoms with Gasteiger partial charge >= 0.3 is 5.97 Å². The van der Waals surface area contributed by atoms with Crippen LogP contribution in [0.15, 0.2) is 42.9 Å². The molecule has 0 spiro atoms. The number of ether oxygens (including phenoxy) is 1. The number of amides is 2. The van der Waals surface area contributed by atoms with Crippen LogP contribution in [0.4, 0.5) is 11.4 Å². The molecule has 0 bridgehead atoms. The second-order valence-corrected chi connectivity index (χ2v) is 13.3. The Balaban J connectivity index is 0.000000616. The van der Waals surface area contributed by atoms with E-state index in [0.717, 1.165) is 30.2 Å². The standard InChI is InChI=1S/C24H26N4O6S.C5H11NO/c1-14-5-6-15(9-20(14)28-12-19(23(30)31)25-13-28)22(29)26-17-10-16(24(2)7-8-24)11-18(21(17)34-3)27-35(4,32)33;1-5(2,3)4(6)7/h5-6,9-13,27H,7-8H2,1-4H3,(H,26,29)(H,30,31);1-3H3,(H2,6,7). The molecule has 42 heavy (non-hydrogen) atoms. The van der Waals surface area contributed by atoms with E-state index in [0.29, 0.717) is 16.9 Å². The molecule has 0 atom stereocenters. The quantitative estimate of drug-likeness (QED) is 0.299. The van der Waals surface area contributed by atoms with Gasteiger partial charge in [0.2, 0.25) is 15.9 Å². The van der Waals surface area contributed by atoms with E-state index in [9.17, 15) is 22.8 Å². The first-order valence-corrected chi connectivity index (χ1v) is 14.9. The first-order valence-electron chi connectivity index (χ1n) is 13.0. The monoisotopic (exact) mass is 599 g/mol. The third kappa shape index (κ3) is 7.87. The van der Waals surface area contributed by atoms with Crippen molar-refractivity contribution in [3.63, 3.8) is 0 Å². The number of carbonyl (C=O) groups excluding carboxylic acids is 2. The number of aromatic carboxylic acids is 1. The Kier molecular flexibility index (Phi) is 9.06. The lowest BCUT2D eigenvalue weighted by Crippen LogP contribution is -2.27. The molecule has 0 radical (unpaired) electrons. The normalized spacial score (nSPS) is 13.8. The minimum atomic E-state index is -3.59. The maximum Gasteiger partial charge on any atom is 0.356 e. The first kappa shape index (κ1) is 32.1. The zero-order chi connectivity index (χ0) is 31.6. The Bertz CT molecular complexity index is 1630. The number of hydrogen-bond donors (Lipinski definition) is 4. The number of rotatable bonds is 8. The van der Waals surface area contributed by atoms with Crippen LogP contribution in [0.3, 0.4) is 0 Å². The number of hydrogen-bond acceptors (Lipinski definition) is 7. The minimum absolute atomic E-state index is 0.0972. The summed E-state index contributed by atoms with van der Waals surface area (Å²) >= 11 is 0. The van der Waals surface area contributed by atoms with E-state index in [1.807, 2.05) is 6.92 Å². The van der Waals surface area contributed by atoms with Crippen LogP contribution in [0.25, 0.3) is 5.69 Å². The molecule has 3 aromatic rings. The van der Waals surface area contributed by atoms with Crippen LogP contribution in [0.1, 0.15) is 72.5 Å². The van der Waals surface area contributed by atoms with Crippen LogP contribution < -0.4 is 20.5 Å². The highest BCUT2D eigenvalue weighted by Gasteiger charge is 2.40. The molecule has 4 rings (SSSR count). The van der Waals surface area contributed by atoms with Gasteiger partial charge in [-0.1, -0.05) is 33.8 Å². The van der Waals surface area contributed by atoms with Crippen LogP contribution >= 0.6 is 0 Å². The largest absolute Gasteiger partial charge is 0.492 e. The van der Waals surface area contributed by atoms with Gasteiger partial charge in [-0.15, -0.1) is 0 Å². The van der Waals surface area contributed by atoms with Gasteiger partial charge in [-0.05, 0) is 60.6 Å². The third-order valence-corrected chi connectivity index (χ3v) is 7.41. The van der Waals surface area contributed by atoms with Crippen molar-refractivity contribution in [1.82, 2.24) is 9.55 Å². The van der Waals surface area contributed by atoms with Crippen LogP contribution in [-0.4, -0.2) is 54.2 Å². The zero-order valence-corrected chi connectivity index (χ0v) is 25.5. The fraction of sp³-hybridized carbons (Fsp3) is 0.379. The summed E-state index contributed by atoms with van der Waals surface area (Å²) in [6.45, 7) is 9.27. The number of carbonyl (C=O) groups is 3. The minimum Gasteiger partial charge on any atom is -0.492 e. The summed E-state index contributed by atoms with van der Waals surface area (Å²) in [5.41, 5.74) is 7.58. The number of carboxylic acid groups (broad SMARTS) is 1. The van der Waals surface area contributed by atoms with Crippen molar-refractivity contribution in [1.29, 1.82) is 0 Å². The van der Waals surface area contributed by atoms with E-state index in [2.05, 4.69) is 21.9 Å². The zero-order valence-electron chi connectivity index (χ0n) is 24.7. The van der Waals surface area contributed by atoms with E-state index in [1.165, 1.54) is 19.6 Å². The molecule has 13 heteroatoms. The van der Waals surface area contributed by atoms with Gasteiger partial charge in [0, 0.05) is 17.2 Å². The van der Waals surface area contributed by atoms with Gasteiger partial charge < -0.3 is 25.5 Å². The lowest BCUT2D eigenvalue weighted by molar-refractivity contribution is -0.125. The number of nitrogens with one attached hydrogen (secondary N) is 2. The molecule has 226 valence electrons. The van der Waals surface area contributed by atoms with Crippen molar-refractivity contribution in [3.8, 4) is 11.4 Å². The summed E-state index contributed by atoms with van der Waals surface area (Å²) in [5.74, 6) is -1.64. The molecule has 2 amide bonds. The average Bonchev–Trinajstić information content (AvgIpc) is 3.42. The molecule has 1 fully saturated rings. The Labute approximate surface area is 245 Å². The van der Waals surface area contributed by atoms with Gasteiger partial charge in [-0.2, -0.15) is 0 Å². The number of benzene rings is 2. The van der Waals surface area contributed by atoms with Gasteiger partial charge in [-0.25, -0.2) is 18.2 Å². The molecular weight excluding hydrogens is 562 g/mol.